The van der Waals surface area contributed by atoms with Crippen molar-refractivity contribution in [1.82, 2.24) is 19.9 Å². The van der Waals surface area contributed by atoms with Crippen molar-refractivity contribution in [2.75, 3.05) is 17.2 Å². The van der Waals surface area contributed by atoms with Gasteiger partial charge in [0.05, 0.1) is 19.1 Å². The molecule has 0 aliphatic heterocycles. The van der Waals surface area contributed by atoms with Gasteiger partial charge in [-0.3, -0.25) is 0 Å². The third-order valence-electron chi connectivity index (χ3n) is 4.24. The molecule has 0 unspecified atom stereocenters. The standard InChI is InChI=1S/C20H17BrFIN6/c21-13-11-25-20(26-12-7-8-14(22)15(23)10-12)29-19(13)24-9-3-6-18-27-16-4-1-2-5-17(16)28-18/h1-2,4-5,7-8,10-11H,3,6,9H2,(H,27,28)(H2,24,25,26,29). The maximum absolute atomic E-state index is 13.4. The van der Waals surface area contributed by atoms with Crippen LogP contribution in [0.4, 0.5) is 21.8 Å². The molecule has 2 heterocycles. The number of hydrogen-bond acceptors (Lipinski definition) is 5. The van der Waals surface area contributed by atoms with Crippen LogP contribution in [0.3, 0.4) is 0 Å². The van der Waals surface area contributed by atoms with Crippen LogP contribution in [0.25, 0.3) is 11.0 Å². The number of aryl methyl sites for hydroxylation is 1. The summed E-state index contributed by atoms with van der Waals surface area (Å²) in [6, 6.07) is 12.8. The van der Waals surface area contributed by atoms with Gasteiger partial charge < -0.3 is 15.6 Å². The van der Waals surface area contributed by atoms with E-state index in [2.05, 4.69) is 46.5 Å². The molecule has 29 heavy (non-hydrogen) atoms. The second-order valence-electron chi connectivity index (χ2n) is 6.38. The number of para-hydroxylation sites is 2. The third-order valence-corrected chi connectivity index (χ3v) is 5.65. The van der Waals surface area contributed by atoms with Crippen molar-refractivity contribution >= 4 is 67.0 Å². The van der Waals surface area contributed by atoms with E-state index in [0.29, 0.717) is 15.3 Å². The van der Waals surface area contributed by atoms with Crippen LogP contribution in [0.15, 0.2) is 53.1 Å². The molecule has 0 aliphatic rings. The fourth-order valence-corrected chi connectivity index (χ4v) is 3.69. The first-order valence-electron chi connectivity index (χ1n) is 9.00. The highest BCUT2D eigenvalue weighted by atomic mass is 127. The Hall–Kier alpha value is -2.27. The Morgan fingerprint density at radius 1 is 1.14 bits per heavy atom. The first-order valence-corrected chi connectivity index (χ1v) is 10.9. The van der Waals surface area contributed by atoms with Gasteiger partial charge in [-0.05, 0) is 75.3 Å². The van der Waals surface area contributed by atoms with E-state index in [4.69, 9.17) is 0 Å². The monoisotopic (exact) mass is 566 g/mol. The highest BCUT2D eigenvalue weighted by Crippen LogP contribution is 2.23. The molecule has 2 aromatic heterocycles. The quantitative estimate of drug-likeness (QED) is 0.199. The third kappa shape index (κ3) is 5.02. The van der Waals surface area contributed by atoms with E-state index in [9.17, 15) is 4.39 Å². The minimum absolute atomic E-state index is 0.250. The van der Waals surface area contributed by atoms with Gasteiger partial charge in [-0.25, -0.2) is 14.4 Å². The minimum atomic E-state index is -0.250. The molecule has 3 N–H and O–H groups in total. The Kier molecular flexibility index (Phi) is 6.24. The Labute approximate surface area is 189 Å². The summed E-state index contributed by atoms with van der Waals surface area (Å²) in [6.45, 7) is 0.737. The molecule has 0 atom stereocenters. The fourth-order valence-electron chi connectivity index (χ4n) is 2.84. The molecule has 0 saturated heterocycles. The molecule has 148 valence electrons. The van der Waals surface area contributed by atoms with Crippen LogP contribution in [0.5, 0.6) is 0 Å². The molecule has 0 saturated carbocycles. The lowest BCUT2D eigenvalue weighted by Gasteiger charge is -2.10. The first kappa shape index (κ1) is 20.0. The minimum Gasteiger partial charge on any atom is -0.369 e. The van der Waals surface area contributed by atoms with Crippen LogP contribution in [0.2, 0.25) is 0 Å². The van der Waals surface area contributed by atoms with E-state index >= 15 is 0 Å². The predicted molar refractivity (Wildman–Crippen MR) is 125 cm³/mol. The van der Waals surface area contributed by atoms with Crippen molar-refractivity contribution < 1.29 is 4.39 Å². The lowest BCUT2D eigenvalue weighted by Crippen LogP contribution is -2.08. The molecular formula is C20H17BrFIN6. The van der Waals surface area contributed by atoms with Crippen molar-refractivity contribution in [1.29, 1.82) is 0 Å². The highest BCUT2D eigenvalue weighted by molar-refractivity contribution is 14.1. The number of halogens is 3. The van der Waals surface area contributed by atoms with Gasteiger partial charge in [0, 0.05) is 24.8 Å². The molecule has 9 heteroatoms. The molecule has 0 fully saturated rings. The summed E-state index contributed by atoms with van der Waals surface area (Å²) in [5.41, 5.74) is 2.77. The van der Waals surface area contributed by atoms with Crippen LogP contribution in [0.1, 0.15) is 12.2 Å². The predicted octanol–water partition coefficient (Wildman–Crippen LogP) is 5.65. The molecule has 0 bridgehead atoms. The van der Waals surface area contributed by atoms with Crippen molar-refractivity contribution in [3.8, 4) is 0 Å². The summed E-state index contributed by atoms with van der Waals surface area (Å²) >= 11 is 5.43. The SMILES string of the molecule is Fc1ccc(Nc2ncc(Br)c(NCCCc3nc4ccccc4[nH]3)n2)cc1I. The van der Waals surface area contributed by atoms with Crippen LogP contribution >= 0.6 is 38.5 Å². The zero-order valence-corrected chi connectivity index (χ0v) is 19.0. The lowest BCUT2D eigenvalue weighted by atomic mass is 10.3. The number of benzene rings is 2. The van der Waals surface area contributed by atoms with Gasteiger partial charge in [0.1, 0.15) is 17.5 Å². The van der Waals surface area contributed by atoms with Gasteiger partial charge in [0.2, 0.25) is 5.95 Å². The topological polar surface area (TPSA) is 78.5 Å². The average Bonchev–Trinajstić information content (AvgIpc) is 3.13. The largest absolute Gasteiger partial charge is 0.369 e. The van der Waals surface area contributed by atoms with Gasteiger partial charge in [-0.2, -0.15) is 4.98 Å². The van der Waals surface area contributed by atoms with E-state index in [1.807, 2.05) is 46.9 Å². The van der Waals surface area contributed by atoms with Gasteiger partial charge >= 0.3 is 0 Å². The number of anilines is 3. The van der Waals surface area contributed by atoms with Crippen LogP contribution in [-0.2, 0) is 6.42 Å². The summed E-state index contributed by atoms with van der Waals surface area (Å²) < 4.78 is 14.7. The smallest absolute Gasteiger partial charge is 0.229 e. The Bertz CT molecular complexity index is 1120. The van der Waals surface area contributed by atoms with E-state index in [1.165, 1.54) is 6.07 Å². The number of H-pyrrole nitrogens is 1. The number of imidazole rings is 1. The number of hydrogen-bond donors (Lipinski definition) is 3. The lowest BCUT2D eigenvalue weighted by molar-refractivity contribution is 0.620. The average molecular weight is 567 g/mol. The summed E-state index contributed by atoms with van der Waals surface area (Å²) in [5, 5.41) is 6.42. The number of aromatic amines is 1. The molecule has 0 spiro atoms. The van der Waals surface area contributed by atoms with E-state index < -0.39 is 0 Å². The van der Waals surface area contributed by atoms with Crippen LogP contribution < -0.4 is 10.6 Å². The van der Waals surface area contributed by atoms with Gasteiger partial charge in [-0.1, -0.05) is 12.1 Å². The number of aromatic nitrogens is 4. The van der Waals surface area contributed by atoms with E-state index in [1.54, 1.807) is 18.3 Å². The van der Waals surface area contributed by atoms with Crippen molar-refractivity contribution in [3.05, 3.63) is 68.3 Å². The summed E-state index contributed by atoms with van der Waals surface area (Å²) in [4.78, 5) is 16.7. The fraction of sp³-hybridized carbons (Fsp3) is 0.150. The molecule has 0 aliphatic carbocycles. The molecule has 6 nitrogen and oxygen atoms in total. The zero-order valence-electron chi connectivity index (χ0n) is 15.2. The van der Waals surface area contributed by atoms with Gasteiger partial charge in [0.25, 0.3) is 0 Å². The second kappa shape index (κ2) is 9.04. The maximum atomic E-state index is 13.4. The Morgan fingerprint density at radius 3 is 2.83 bits per heavy atom. The number of rotatable bonds is 7. The van der Waals surface area contributed by atoms with Gasteiger partial charge in [-0.15, -0.1) is 0 Å². The summed E-state index contributed by atoms with van der Waals surface area (Å²) in [5.74, 6) is 1.86. The summed E-state index contributed by atoms with van der Waals surface area (Å²) in [7, 11) is 0. The normalized spacial score (nSPS) is 11.0. The molecule has 0 amide bonds. The molecule has 4 rings (SSSR count). The van der Waals surface area contributed by atoms with Crippen molar-refractivity contribution in [2.45, 2.75) is 12.8 Å². The van der Waals surface area contributed by atoms with E-state index in [0.717, 1.165) is 46.4 Å². The van der Waals surface area contributed by atoms with Gasteiger partial charge in [0.15, 0.2) is 0 Å². The van der Waals surface area contributed by atoms with Crippen LogP contribution in [0, 0.1) is 9.39 Å². The molecular weight excluding hydrogens is 550 g/mol. The molecule has 0 radical (unpaired) electrons. The zero-order chi connectivity index (χ0) is 20.2. The number of fused-ring (bicyclic) bond motifs is 1. The van der Waals surface area contributed by atoms with Crippen molar-refractivity contribution in [3.63, 3.8) is 0 Å². The second-order valence-corrected chi connectivity index (χ2v) is 8.39. The highest BCUT2D eigenvalue weighted by Gasteiger charge is 2.07. The van der Waals surface area contributed by atoms with Crippen LogP contribution in [-0.4, -0.2) is 26.5 Å². The molecule has 2 aromatic carbocycles. The number of nitrogens with zero attached hydrogens (tertiary/aromatic N) is 3. The maximum Gasteiger partial charge on any atom is 0.229 e. The number of nitrogens with one attached hydrogen (secondary N) is 3. The van der Waals surface area contributed by atoms with E-state index in [-0.39, 0.29) is 5.82 Å². The molecule has 4 aromatic rings. The Balaban J connectivity index is 1.35. The first-order chi connectivity index (χ1) is 14.1. The summed E-state index contributed by atoms with van der Waals surface area (Å²) in [6.07, 6.45) is 3.42. The Morgan fingerprint density at radius 2 is 2.00 bits per heavy atom. The van der Waals surface area contributed by atoms with Crippen molar-refractivity contribution in [2.24, 2.45) is 0 Å².